The summed E-state index contributed by atoms with van der Waals surface area (Å²) in [5.74, 6) is 0.0610. The molecule has 17 nitrogen and oxygen atoms in total. The maximum absolute atomic E-state index is 13.0. The maximum atomic E-state index is 13.0. The summed E-state index contributed by atoms with van der Waals surface area (Å²) in [4.78, 5) is 72.6. The van der Waals surface area contributed by atoms with Gasteiger partial charge >= 0.3 is 39.5 Å². The molecule has 0 rings (SSSR count). The van der Waals surface area contributed by atoms with E-state index in [1.165, 1.54) is 135 Å². The number of ether oxygens (including phenoxy) is 4. The number of rotatable bonds is 68. The highest BCUT2D eigenvalue weighted by molar-refractivity contribution is 7.47. The Bertz CT molecular complexity index is 1880. The Morgan fingerprint density at radius 2 is 0.593 bits per heavy atom. The summed E-state index contributed by atoms with van der Waals surface area (Å²) < 4.78 is 68.3. The Morgan fingerprint density at radius 3 is 0.890 bits per heavy atom. The fraction of sp³-hybridized carbons (Fsp3) is 0.889. The van der Waals surface area contributed by atoms with E-state index in [0.29, 0.717) is 25.7 Å². The van der Waals surface area contributed by atoms with Gasteiger partial charge in [-0.3, -0.25) is 37.3 Å². The average Bonchev–Trinajstić information content (AvgIpc) is 3.65. The van der Waals surface area contributed by atoms with Crippen molar-refractivity contribution in [1.29, 1.82) is 0 Å². The lowest BCUT2D eigenvalue weighted by Gasteiger charge is -2.21. The van der Waals surface area contributed by atoms with E-state index in [0.717, 1.165) is 120 Å². The van der Waals surface area contributed by atoms with E-state index in [-0.39, 0.29) is 25.7 Å². The van der Waals surface area contributed by atoms with Crippen molar-refractivity contribution in [2.24, 2.45) is 17.8 Å². The van der Waals surface area contributed by atoms with Crippen LogP contribution in [-0.2, 0) is 65.4 Å². The number of carbonyl (C=O) groups is 4. The largest absolute Gasteiger partial charge is 0.472 e. The summed E-state index contributed by atoms with van der Waals surface area (Å²) in [5, 5.41) is 10.6. The number of esters is 4. The van der Waals surface area contributed by atoms with Gasteiger partial charge in [0.2, 0.25) is 0 Å². The van der Waals surface area contributed by atoms with Gasteiger partial charge in [0.05, 0.1) is 26.4 Å². The topological polar surface area (TPSA) is 237 Å². The first-order valence-corrected chi connectivity index (χ1v) is 39.7. The van der Waals surface area contributed by atoms with Gasteiger partial charge < -0.3 is 33.8 Å². The molecular weight excluding hydrogens is 1200 g/mol. The molecule has 0 spiro atoms. The lowest BCUT2D eigenvalue weighted by atomic mass is 10.0. The molecule has 0 aliphatic heterocycles. The molecule has 0 fully saturated rings. The van der Waals surface area contributed by atoms with Crippen molar-refractivity contribution in [2.75, 3.05) is 39.6 Å². The van der Waals surface area contributed by atoms with Crippen molar-refractivity contribution >= 4 is 39.5 Å². The molecule has 0 bridgehead atoms. The molecule has 0 radical (unpaired) electrons. The van der Waals surface area contributed by atoms with Crippen LogP contribution in [0.1, 0.15) is 337 Å². The quantitative estimate of drug-likeness (QED) is 0.0169. The van der Waals surface area contributed by atoms with Gasteiger partial charge in [-0.1, -0.05) is 285 Å². The van der Waals surface area contributed by atoms with E-state index in [1.54, 1.807) is 0 Å². The molecule has 0 aromatic carbocycles. The van der Waals surface area contributed by atoms with E-state index in [1.807, 2.05) is 0 Å². The average molecular weight is 1340 g/mol. The van der Waals surface area contributed by atoms with Crippen LogP contribution < -0.4 is 0 Å². The van der Waals surface area contributed by atoms with Crippen LogP contribution in [0.4, 0.5) is 0 Å². The molecule has 0 aromatic rings. The van der Waals surface area contributed by atoms with Gasteiger partial charge in [0, 0.05) is 25.7 Å². The normalized spacial score (nSPS) is 14.3. The molecular formula is C72H136O17P2. The van der Waals surface area contributed by atoms with Crippen molar-refractivity contribution in [1.82, 2.24) is 0 Å². The van der Waals surface area contributed by atoms with Crippen LogP contribution in [0.15, 0.2) is 24.3 Å². The number of aliphatic hydroxyl groups excluding tert-OH is 1. The molecule has 536 valence electrons. The predicted octanol–water partition coefficient (Wildman–Crippen LogP) is 20.2. The van der Waals surface area contributed by atoms with Crippen molar-refractivity contribution in [2.45, 2.75) is 356 Å². The minimum absolute atomic E-state index is 0.0842. The monoisotopic (exact) mass is 1330 g/mol. The van der Waals surface area contributed by atoms with Crippen molar-refractivity contribution < 1.29 is 80.2 Å². The van der Waals surface area contributed by atoms with E-state index in [9.17, 15) is 43.2 Å². The van der Waals surface area contributed by atoms with Gasteiger partial charge in [-0.2, -0.15) is 0 Å². The summed E-state index contributed by atoms with van der Waals surface area (Å²) in [6.45, 7) is 11.7. The number of hydrogen-bond acceptors (Lipinski definition) is 15. The number of unbranched alkanes of at least 4 members (excludes halogenated alkanes) is 33. The zero-order valence-corrected chi connectivity index (χ0v) is 60.6. The number of allylic oxidation sites excluding steroid dienone is 4. The first-order chi connectivity index (χ1) is 43.7. The molecule has 3 unspecified atom stereocenters. The third kappa shape index (κ3) is 66.0. The van der Waals surface area contributed by atoms with Crippen LogP contribution in [0.25, 0.3) is 0 Å². The second-order valence-electron chi connectivity index (χ2n) is 26.7. The molecule has 19 heteroatoms. The zero-order valence-electron chi connectivity index (χ0n) is 58.8. The molecule has 0 aliphatic carbocycles. The number of phosphoric acid groups is 2. The van der Waals surface area contributed by atoms with Gasteiger partial charge in [-0.25, -0.2) is 9.13 Å². The Morgan fingerprint density at radius 1 is 0.341 bits per heavy atom. The number of carbonyl (C=O) groups excluding carboxylic acids is 4. The first-order valence-electron chi connectivity index (χ1n) is 36.7. The maximum Gasteiger partial charge on any atom is 0.472 e. The second-order valence-corrected chi connectivity index (χ2v) is 29.6. The summed E-state index contributed by atoms with van der Waals surface area (Å²) in [6.07, 6.45) is 49.4. The molecule has 0 amide bonds. The zero-order chi connectivity index (χ0) is 67.3. The number of phosphoric ester groups is 2. The fourth-order valence-corrected chi connectivity index (χ4v) is 11.9. The molecule has 3 N–H and O–H groups in total. The molecule has 0 heterocycles. The van der Waals surface area contributed by atoms with E-state index >= 15 is 0 Å². The first kappa shape index (κ1) is 88.5. The van der Waals surface area contributed by atoms with Gasteiger partial charge in [0.25, 0.3) is 0 Å². The Balaban J connectivity index is 5.30. The second kappa shape index (κ2) is 62.4. The van der Waals surface area contributed by atoms with Crippen LogP contribution in [0, 0.1) is 17.8 Å². The Kier molecular flexibility index (Phi) is 60.7. The van der Waals surface area contributed by atoms with Crippen LogP contribution >= 0.6 is 15.6 Å². The van der Waals surface area contributed by atoms with Crippen molar-refractivity contribution in [3.8, 4) is 0 Å². The minimum atomic E-state index is -4.96. The van der Waals surface area contributed by atoms with Gasteiger partial charge in [0.15, 0.2) is 12.2 Å². The van der Waals surface area contributed by atoms with Gasteiger partial charge in [-0.15, -0.1) is 0 Å². The van der Waals surface area contributed by atoms with Gasteiger partial charge in [-0.05, 0) is 69.1 Å². The lowest BCUT2D eigenvalue weighted by Crippen LogP contribution is -2.30. The standard InChI is InChI=1S/C72H136O17P2/c1-8-9-10-11-12-13-14-15-16-17-18-24-34-41-48-55-71(76)88-67(59-82-69(74)53-46-39-32-26-21-23-30-37-44-51-64(4)5)61-86-90(78,79)84-57-66(73)58-85-91(80,81)87-62-68(60-83-70(75)54-47-40-33-28-27-31-38-45-52-65(6)7)89-72(77)56-49-42-35-25-20-19-22-29-36-43-50-63(2)3/h13-16,63-68,73H,8-12,17-62H2,1-7H3,(H,78,79)(H,80,81)/b14-13-,16-15-/t66?,67-,68-/m1/s1. The number of aliphatic hydroxyl groups is 1. The third-order valence-corrected chi connectivity index (χ3v) is 17.9. The third-order valence-electron chi connectivity index (χ3n) is 16.0. The molecule has 0 aliphatic rings. The summed E-state index contributed by atoms with van der Waals surface area (Å²) in [5.41, 5.74) is 0. The van der Waals surface area contributed by atoms with E-state index < -0.39 is 97.5 Å². The van der Waals surface area contributed by atoms with Crippen LogP contribution in [-0.4, -0.2) is 96.7 Å². The van der Waals surface area contributed by atoms with Crippen molar-refractivity contribution in [3.63, 3.8) is 0 Å². The fourth-order valence-electron chi connectivity index (χ4n) is 10.4. The summed E-state index contributed by atoms with van der Waals surface area (Å²) in [6, 6.07) is 0. The molecule has 0 saturated carbocycles. The lowest BCUT2D eigenvalue weighted by molar-refractivity contribution is -0.161. The molecule has 0 aromatic heterocycles. The molecule has 0 saturated heterocycles. The van der Waals surface area contributed by atoms with E-state index in [4.69, 9.17) is 37.0 Å². The number of hydrogen-bond donors (Lipinski definition) is 3. The van der Waals surface area contributed by atoms with Crippen LogP contribution in [0.3, 0.4) is 0 Å². The van der Waals surface area contributed by atoms with Crippen molar-refractivity contribution in [3.05, 3.63) is 24.3 Å². The minimum Gasteiger partial charge on any atom is -0.462 e. The van der Waals surface area contributed by atoms with Gasteiger partial charge in [0.1, 0.15) is 19.3 Å². The van der Waals surface area contributed by atoms with E-state index in [2.05, 4.69) is 72.8 Å². The smallest absolute Gasteiger partial charge is 0.462 e. The highest BCUT2D eigenvalue weighted by Gasteiger charge is 2.30. The molecule has 5 atom stereocenters. The summed E-state index contributed by atoms with van der Waals surface area (Å²) in [7, 11) is -9.92. The molecule has 91 heavy (non-hydrogen) atoms. The highest BCUT2D eigenvalue weighted by atomic mass is 31.2. The highest BCUT2D eigenvalue weighted by Crippen LogP contribution is 2.45. The SMILES string of the molecule is CCCCCC/C=C\C=C/CCCCCCCC(=O)O[C@H](COC(=O)CCCCCCCCCCCC(C)C)COP(=O)(O)OCC(O)COP(=O)(O)OC[C@@H](COC(=O)CCCCCCCCCCC(C)C)OC(=O)CCCCCCCCCCCCC(C)C. The van der Waals surface area contributed by atoms with Crippen LogP contribution in [0.2, 0.25) is 0 Å². The Hall–Kier alpha value is -2.46. The predicted molar refractivity (Wildman–Crippen MR) is 367 cm³/mol. The Labute approximate surface area is 554 Å². The van der Waals surface area contributed by atoms with Crippen LogP contribution in [0.5, 0.6) is 0 Å². The summed E-state index contributed by atoms with van der Waals surface area (Å²) >= 11 is 0.